The topological polar surface area (TPSA) is 56.1 Å². The summed E-state index contributed by atoms with van der Waals surface area (Å²) in [6, 6.07) is 11.8. The minimum atomic E-state index is 0.0177. The van der Waals surface area contributed by atoms with Gasteiger partial charge in [0, 0.05) is 18.3 Å². The largest absolute Gasteiger partial charge is 0.376 e. The number of anilines is 1. The van der Waals surface area contributed by atoms with Crippen LogP contribution >= 0.6 is 0 Å². The fraction of sp³-hybridized carbons (Fsp3) is 0.429. The summed E-state index contributed by atoms with van der Waals surface area (Å²) in [7, 11) is 0. The number of nitrogens with one attached hydrogen (secondary N) is 1. The lowest BCUT2D eigenvalue weighted by molar-refractivity contribution is -0.130. The first kappa shape index (κ1) is 14.0. The molecule has 96 valence electrons. The van der Waals surface area contributed by atoms with Gasteiger partial charge in [-0.3, -0.25) is 4.79 Å². The first-order valence-corrected chi connectivity index (χ1v) is 6.10. The van der Waals surface area contributed by atoms with Crippen LogP contribution in [0.4, 0.5) is 5.69 Å². The lowest BCUT2D eigenvalue weighted by Crippen LogP contribution is -2.41. The van der Waals surface area contributed by atoms with E-state index in [2.05, 4.69) is 11.4 Å². The predicted octanol–water partition coefficient (Wildman–Crippen LogP) is 2.25. The van der Waals surface area contributed by atoms with Gasteiger partial charge >= 0.3 is 0 Å². The molecule has 0 heterocycles. The molecule has 0 fully saturated rings. The van der Waals surface area contributed by atoms with E-state index >= 15 is 0 Å². The first-order chi connectivity index (χ1) is 8.65. The molecular formula is C14H19N3O. The number of hydrogen-bond acceptors (Lipinski definition) is 3. The Morgan fingerprint density at radius 1 is 1.39 bits per heavy atom. The van der Waals surface area contributed by atoms with E-state index in [1.54, 1.807) is 4.90 Å². The molecule has 1 aromatic rings. The predicted molar refractivity (Wildman–Crippen MR) is 72.0 cm³/mol. The molecule has 4 nitrogen and oxygen atoms in total. The highest BCUT2D eigenvalue weighted by Crippen LogP contribution is 2.06. The third kappa shape index (κ3) is 4.46. The van der Waals surface area contributed by atoms with Gasteiger partial charge in [-0.2, -0.15) is 5.26 Å². The van der Waals surface area contributed by atoms with Crippen LogP contribution in [0.3, 0.4) is 0 Å². The fourth-order valence-electron chi connectivity index (χ4n) is 1.68. The zero-order chi connectivity index (χ0) is 13.4. The standard InChI is InChI=1S/C14H19N3O/c1-12(2)17(10-6-9-15)14(18)11-16-13-7-4-3-5-8-13/h3-5,7-8,12,16H,6,10-11H2,1-2H3. The maximum absolute atomic E-state index is 12.0. The number of nitrogens with zero attached hydrogens (tertiary/aromatic N) is 2. The first-order valence-electron chi connectivity index (χ1n) is 6.10. The van der Waals surface area contributed by atoms with Crippen LogP contribution in [0.15, 0.2) is 30.3 Å². The zero-order valence-electron chi connectivity index (χ0n) is 10.9. The quantitative estimate of drug-likeness (QED) is 0.836. The molecule has 4 heteroatoms. The van der Waals surface area contributed by atoms with Gasteiger partial charge in [-0.05, 0) is 26.0 Å². The van der Waals surface area contributed by atoms with Gasteiger partial charge in [0.1, 0.15) is 0 Å². The average molecular weight is 245 g/mol. The molecule has 1 aromatic carbocycles. The SMILES string of the molecule is CC(C)N(CCC#N)C(=O)CNc1ccccc1. The molecule has 1 rings (SSSR count). The van der Waals surface area contributed by atoms with E-state index in [0.717, 1.165) is 5.69 Å². The van der Waals surface area contributed by atoms with Gasteiger partial charge in [-0.25, -0.2) is 0 Å². The lowest BCUT2D eigenvalue weighted by Gasteiger charge is -2.26. The van der Waals surface area contributed by atoms with Crippen LogP contribution in [-0.2, 0) is 4.79 Å². The van der Waals surface area contributed by atoms with Crippen molar-refractivity contribution in [2.24, 2.45) is 0 Å². The van der Waals surface area contributed by atoms with Crippen molar-refractivity contribution in [2.75, 3.05) is 18.4 Å². The summed E-state index contributed by atoms with van der Waals surface area (Å²) >= 11 is 0. The number of nitriles is 1. The molecule has 18 heavy (non-hydrogen) atoms. The van der Waals surface area contributed by atoms with Crippen LogP contribution in [0.25, 0.3) is 0 Å². The molecule has 0 radical (unpaired) electrons. The van der Waals surface area contributed by atoms with E-state index in [4.69, 9.17) is 5.26 Å². The summed E-state index contributed by atoms with van der Waals surface area (Å²) in [5, 5.41) is 11.7. The van der Waals surface area contributed by atoms with Crippen molar-refractivity contribution in [3.05, 3.63) is 30.3 Å². The molecule has 0 atom stereocenters. The Kier molecular flexibility index (Phi) is 5.72. The molecular weight excluding hydrogens is 226 g/mol. The number of benzene rings is 1. The normalized spacial score (nSPS) is 9.89. The van der Waals surface area contributed by atoms with E-state index in [0.29, 0.717) is 13.0 Å². The van der Waals surface area contributed by atoms with Crippen molar-refractivity contribution in [1.82, 2.24) is 4.90 Å². The zero-order valence-corrected chi connectivity index (χ0v) is 10.9. The Morgan fingerprint density at radius 2 is 2.06 bits per heavy atom. The molecule has 0 aliphatic carbocycles. The minimum absolute atomic E-state index is 0.0177. The van der Waals surface area contributed by atoms with Crippen molar-refractivity contribution in [3.63, 3.8) is 0 Å². The van der Waals surface area contributed by atoms with Crippen LogP contribution < -0.4 is 5.32 Å². The van der Waals surface area contributed by atoms with E-state index in [1.165, 1.54) is 0 Å². The number of amides is 1. The van der Waals surface area contributed by atoms with E-state index in [-0.39, 0.29) is 18.5 Å². The second kappa shape index (κ2) is 7.33. The Balaban J connectivity index is 2.49. The number of para-hydroxylation sites is 1. The third-order valence-electron chi connectivity index (χ3n) is 2.63. The Morgan fingerprint density at radius 3 is 2.61 bits per heavy atom. The summed E-state index contributed by atoms with van der Waals surface area (Å²) in [5.74, 6) is 0.0177. The molecule has 0 unspecified atom stereocenters. The molecule has 0 aromatic heterocycles. The maximum atomic E-state index is 12.0. The van der Waals surface area contributed by atoms with Crippen LogP contribution in [0.1, 0.15) is 20.3 Å². The van der Waals surface area contributed by atoms with Crippen molar-refractivity contribution < 1.29 is 4.79 Å². The monoisotopic (exact) mass is 245 g/mol. The Labute approximate surface area is 108 Å². The molecule has 0 spiro atoms. The highest BCUT2D eigenvalue weighted by molar-refractivity contribution is 5.81. The number of carbonyl (C=O) groups is 1. The summed E-state index contributed by atoms with van der Waals surface area (Å²) in [6.07, 6.45) is 0.370. The van der Waals surface area contributed by atoms with Gasteiger partial charge in [-0.1, -0.05) is 18.2 Å². The number of hydrogen-bond donors (Lipinski definition) is 1. The smallest absolute Gasteiger partial charge is 0.242 e. The molecule has 1 N–H and O–H groups in total. The van der Waals surface area contributed by atoms with E-state index in [1.807, 2.05) is 44.2 Å². The fourth-order valence-corrected chi connectivity index (χ4v) is 1.68. The highest BCUT2D eigenvalue weighted by atomic mass is 16.2. The van der Waals surface area contributed by atoms with Gasteiger partial charge in [0.25, 0.3) is 0 Å². The van der Waals surface area contributed by atoms with E-state index < -0.39 is 0 Å². The summed E-state index contributed by atoms with van der Waals surface area (Å²) in [6.45, 7) is 4.66. The molecule has 1 amide bonds. The van der Waals surface area contributed by atoms with Crippen molar-refractivity contribution in [3.8, 4) is 6.07 Å². The van der Waals surface area contributed by atoms with Gasteiger partial charge in [0.15, 0.2) is 0 Å². The minimum Gasteiger partial charge on any atom is -0.376 e. The van der Waals surface area contributed by atoms with Gasteiger partial charge in [0.05, 0.1) is 19.0 Å². The average Bonchev–Trinajstić information content (AvgIpc) is 2.37. The Bertz CT molecular complexity index is 409. The highest BCUT2D eigenvalue weighted by Gasteiger charge is 2.15. The lowest BCUT2D eigenvalue weighted by atomic mass is 10.2. The van der Waals surface area contributed by atoms with Crippen LogP contribution in [0, 0.1) is 11.3 Å². The van der Waals surface area contributed by atoms with E-state index in [9.17, 15) is 4.79 Å². The summed E-state index contributed by atoms with van der Waals surface area (Å²) in [4.78, 5) is 13.7. The van der Waals surface area contributed by atoms with Crippen molar-refractivity contribution in [2.45, 2.75) is 26.3 Å². The molecule has 0 saturated heterocycles. The van der Waals surface area contributed by atoms with Gasteiger partial charge in [0.2, 0.25) is 5.91 Å². The summed E-state index contributed by atoms with van der Waals surface area (Å²) in [5.41, 5.74) is 0.926. The van der Waals surface area contributed by atoms with Crippen LogP contribution in [0.5, 0.6) is 0 Å². The van der Waals surface area contributed by atoms with Crippen molar-refractivity contribution in [1.29, 1.82) is 5.26 Å². The maximum Gasteiger partial charge on any atom is 0.242 e. The van der Waals surface area contributed by atoms with Gasteiger partial charge in [-0.15, -0.1) is 0 Å². The van der Waals surface area contributed by atoms with Crippen LogP contribution in [-0.4, -0.2) is 29.9 Å². The second-order valence-electron chi connectivity index (χ2n) is 4.31. The van der Waals surface area contributed by atoms with Crippen LogP contribution in [0.2, 0.25) is 0 Å². The molecule has 0 saturated carbocycles. The molecule has 0 aliphatic heterocycles. The number of carbonyl (C=O) groups excluding carboxylic acids is 1. The number of rotatable bonds is 6. The summed E-state index contributed by atoms with van der Waals surface area (Å²) < 4.78 is 0. The molecule has 0 aliphatic rings. The molecule has 0 bridgehead atoms. The Hall–Kier alpha value is -2.02. The second-order valence-corrected chi connectivity index (χ2v) is 4.31. The van der Waals surface area contributed by atoms with Gasteiger partial charge < -0.3 is 10.2 Å². The van der Waals surface area contributed by atoms with Crippen molar-refractivity contribution >= 4 is 11.6 Å². The third-order valence-corrected chi connectivity index (χ3v) is 2.63.